The summed E-state index contributed by atoms with van der Waals surface area (Å²) in [5.41, 5.74) is 1.14. The molecule has 0 aliphatic heterocycles. The van der Waals surface area contributed by atoms with E-state index >= 15 is 0 Å². The Morgan fingerprint density at radius 2 is 1.78 bits per heavy atom. The topological polar surface area (TPSA) is 105 Å². The lowest BCUT2D eigenvalue weighted by Crippen LogP contribution is -2.29. The maximum absolute atomic E-state index is 10.6. The van der Waals surface area contributed by atoms with Gasteiger partial charge < -0.3 is 29.5 Å². The van der Waals surface area contributed by atoms with Crippen molar-refractivity contribution in [3.05, 3.63) is 53.6 Å². The Labute approximate surface area is 157 Å². The van der Waals surface area contributed by atoms with Crippen LogP contribution in [0, 0.1) is 0 Å². The number of phenolic OH excluding ortho intramolecular Hbond substituents is 1. The minimum atomic E-state index is -1.18. The Hall–Kier alpha value is -3.03. The Bertz CT molecular complexity index is 801. The quantitative estimate of drug-likeness (QED) is 0.456. The molecule has 2 atom stereocenters. The maximum Gasteiger partial charge on any atom is 0.161 e. The monoisotopic (exact) mass is 374 g/mol. The highest BCUT2D eigenvalue weighted by Gasteiger charge is 2.24. The average molecular weight is 374 g/mol. The number of aliphatic hydroxyl groups is 2. The molecule has 0 amide bonds. The minimum absolute atomic E-state index is 0.0597. The van der Waals surface area contributed by atoms with Gasteiger partial charge in [0.1, 0.15) is 12.4 Å². The fourth-order valence-electron chi connectivity index (χ4n) is 2.49. The first kappa shape index (κ1) is 20.3. The van der Waals surface area contributed by atoms with Gasteiger partial charge in [-0.2, -0.15) is 0 Å². The molecule has 0 unspecified atom stereocenters. The zero-order chi connectivity index (χ0) is 19.8. The second-order valence-corrected chi connectivity index (χ2v) is 5.62. The summed E-state index contributed by atoms with van der Waals surface area (Å²) in [6.45, 7) is -0.458. The van der Waals surface area contributed by atoms with E-state index in [4.69, 9.17) is 14.2 Å². The predicted molar refractivity (Wildman–Crippen MR) is 99.2 cm³/mol. The van der Waals surface area contributed by atoms with Crippen LogP contribution >= 0.6 is 0 Å². The van der Waals surface area contributed by atoms with E-state index < -0.39 is 18.8 Å². The minimum Gasteiger partial charge on any atom is -0.504 e. The first-order chi connectivity index (χ1) is 13.0. The van der Waals surface area contributed by atoms with Crippen molar-refractivity contribution in [2.45, 2.75) is 12.2 Å². The number of phenols is 1. The molecule has 0 aliphatic rings. The van der Waals surface area contributed by atoms with Gasteiger partial charge in [0.25, 0.3) is 0 Å². The number of carbonyl (C=O) groups excluding carboxylic acids is 1. The van der Waals surface area contributed by atoms with Crippen LogP contribution in [0.1, 0.15) is 17.2 Å². The first-order valence-electron chi connectivity index (χ1n) is 8.16. The number of aliphatic hydroxyl groups excluding tert-OH is 2. The van der Waals surface area contributed by atoms with E-state index in [0.717, 1.165) is 5.56 Å². The van der Waals surface area contributed by atoms with E-state index in [-0.39, 0.29) is 11.5 Å². The first-order valence-corrected chi connectivity index (χ1v) is 8.16. The lowest BCUT2D eigenvalue weighted by atomic mass is 10.0. The third-order valence-corrected chi connectivity index (χ3v) is 3.91. The van der Waals surface area contributed by atoms with Gasteiger partial charge in [-0.3, -0.25) is 4.79 Å². The fraction of sp³-hybridized carbons (Fsp3) is 0.250. The van der Waals surface area contributed by atoms with Gasteiger partial charge in [-0.15, -0.1) is 0 Å². The highest BCUT2D eigenvalue weighted by molar-refractivity contribution is 5.74. The largest absolute Gasteiger partial charge is 0.504 e. The molecular formula is C20H22O7. The number of hydrogen-bond acceptors (Lipinski definition) is 7. The summed E-state index contributed by atoms with van der Waals surface area (Å²) in [6, 6.07) is 9.37. The lowest BCUT2D eigenvalue weighted by molar-refractivity contribution is -0.104. The Morgan fingerprint density at radius 1 is 1.04 bits per heavy atom. The van der Waals surface area contributed by atoms with E-state index in [1.807, 2.05) is 0 Å². The zero-order valence-electron chi connectivity index (χ0n) is 15.0. The van der Waals surface area contributed by atoms with Crippen molar-refractivity contribution in [3.63, 3.8) is 0 Å². The van der Waals surface area contributed by atoms with Crippen LogP contribution in [0.25, 0.3) is 6.08 Å². The molecule has 0 bridgehead atoms. The van der Waals surface area contributed by atoms with Crippen LogP contribution in [0.2, 0.25) is 0 Å². The van der Waals surface area contributed by atoms with Gasteiger partial charge in [0.2, 0.25) is 0 Å². The normalized spacial score (nSPS) is 13.2. The van der Waals surface area contributed by atoms with Crippen LogP contribution in [-0.2, 0) is 4.79 Å². The van der Waals surface area contributed by atoms with Crippen molar-refractivity contribution in [1.82, 2.24) is 0 Å². The second kappa shape index (κ2) is 9.61. The average Bonchev–Trinajstić information content (AvgIpc) is 2.70. The van der Waals surface area contributed by atoms with Crippen LogP contribution in [0.15, 0.2) is 42.5 Å². The molecule has 27 heavy (non-hydrogen) atoms. The van der Waals surface area contributed by atoms with Gasteiger partial charge in [0, 0.05) is 0 Å². The molecule has 7 nitrogen and oxygen atoms in total. The number of methoxy groups -OCH3 is 2. The fourth-order valence-corrected chi connectivity index (χ4v) is 2.49. The molecule has 0 fully saturated rings. The van der Waals surface area contributed by atoms with Gasteiger partial charge in [-0.1, -0.05) is 18.2 Å². The number of aromatic hydroxyl groups is 1. The van der Waals surface area contributed by atoms with E-state index in [1.165, 1.54) is 38.5 Å². The molecule has 0 aromatic heterocycles. The molecule has 0 saturated heterocycles. The summed E-state index contributed by atoms with van der Waals surface area (Å²) in [5.74, 6) is 0.851. The molecule has 7 heteroatoms. The molecule has 3 N–H and O–H groups in total. The second-order valence-electron chi connectivity index (χ2n) is 5.62. The van der Waals surface area contributed by atoms with Gasteiger partial charge in [0.05, 0.1) is 20.8 Å². The number of benzene rings is 2. The van der Waals surface area contributed by atoms with Crippen molar-refractivity contribution < 1.29 is 34.3 Å². The molecule has 144 valence electrons. The van der Waals surface area contributed by atoms with Crippen molar-refractivity contribution in [1.29, 1.82) is 0 Å². The Balaban J connectivity index is 2.25. The molecular weight excluding hydrogens is 352 g/mol. The van der Waals surface area contributed by atoms with Gasteiger partial charge in [-0.05, 0) is 41.5 Å². The molecule has 0 heterocycles. The van der Waals surface area contributed by atoms with Crippen LogP contribution in [0.5, 0.6) is 23.0 Å². The standard InChI is InChI=1S/C20H22O7/c1-25-17-11-14(6-7-15(17)23)20(24)19(12-22)27-16-8-5-13(4-3-9-21)10-18(16)26-2/h3-11,19-20,22-24H,12H2,1-2H3/b4-3+/t19-,20+/m0/s1. The van der Waals surface area contributed by atoms with Crippen molar-refractivity contribution in [3.8, 4) is 23.0 Å². The van der Waals surface area contributed by atoms with E-state index in [1.54, 1.807) is 24.3 Å². The maximum atomic E-state index is 10.6. The van der Waals surface area contributed by atoms with Gasteiger partial charge in [0.15, 0.2) is 29.1 Å². The lowest BCUT2D eigenvalue weighted by Gasteiger charge is -2.24. The third kappa shape index (κ3) is 4.99. The molecule has 0 radical (unpaired) electrons. The molecule has 2 aromatic rings. The predicted octanol–water partition coefficient (Wildman–Crippen LogP) is 2.09. The smallest absolute Gasteiger partial charge is 0.161 e. The SMILES string of the molecule is COc1cc([C@@H](O)[C@H](CO)Oc2ccc(/C=C/C=O)cc2OC)ccc1O. The number of allylic oxidation sites excluding steroid dienone is 1. The van der Waals surface area contributed by atoms with E-state index in [2.05, 4.69) is 0 Å². The van der Waals surface area contributed by atoms with Gasteiger partial charge in [-0.25, -0.2) is 0 Å². The molecule has 2 aromatic carbocycles. The van der Waals surface area contributed by atoms with Crippen LogP contribution in [0.3, 0.4) is 0 Å². The number of aldehydes is 1. The van der Waals surface area contributed by atoms with Crippen LogP contribution < -0.4 is 14.2 Å². The molecule has 2 rings (SSSR count). The van der Waals surface area contributed by atoms with Crippen molar-refractivity contribution >= 4 is 12.4 Å². The van der Waals surface area contributed by atoms with E-state index in [0.29, 0.717) is 23.3 Å². The number of carbonyl (C=O) groups is 1. The summed E-state index contributed by atoms with van der Waals surface area (Å²) >= 11 is 0. The molecule has 0 aliphatic carbocycles. The summed E-state index contributed by atoms with van der Waals surface area (Å²) in [6.07, 6.45) is 1.48. The Morgan fingerprint density at radius 3 is 2.41 bits per heavy atom. The summed E-state index contributed by atoms with van der Waals surface area (Å²) in [4.78, 5) is 10.4. The third-order valence-electron chi connectivity index (χ3n) is 3.91. The zero-order valence-corrected chi connectivity index (χ0v) is 15.0. The van der Waals surface area contributed by atoms with Crippen molar-refractivity contribution in [2.24, 2.45) is 0 Å². The number of ether oxygens (including phenoxy) is 3. The Kier molecular flexibility index (Phi) is 7.22. The van der Waals surface area contributed by atoms with Crippen molar-refractivity contribution in [2.75, 3.05) is 20.8 Å². The van der Waals surface area contributed by atoms with E-state index in [9.17, 15) is 20.1 Å². The highest BCUT2D eigenvalue weighted by atomic mass is 16.5. The van der Waals surface area contributed by atoms with Crippen LogP contribution in [-0.4, -0.2) is 48.5 Å². The number of rotatable bonds is 9. The summed E-state index contributed by atoms with van der Waals surface area (Å²) < 4.78 is 16.1. The molecule has 0 saturated carbocycles. The van der Waals surface area contributed by atoms with Crippen LogP contribution in [0.4, 0.5) is 0 Å². The summed E-state index contributed by atoms with van der Waals surface area (Å²) in [7, 11) is 2.86. The molecule has 0 spiro atoms. The number of hydrogen-bond donors (Lipinski definition) is 3. The highest BCUT2D eigenvalue weighted by Crippen LogP contribution is 2.34. The van der Waals surface area contributed by atoms with Gasteiger partial charge >= 0.3 is 0 Å². The summed E-state index contributed by atoms with van der Waals surface area (Å²) in [5, 5.41) is 29.9.